The molecule has 0 aromatic rings. The van der Waals surface area contributed by atoms with Crippen LogP contribution in [0.25, 0.3) is 0 Å². The van der Waals surface area contributed by atoms with Crippen molar-refractivity contribution in [3.05, 3.63) is 0 Å². The molecule has 4 heteroatoms. The molecule has 0 aromatic carbocycles. The standard InChI is InChI=1S/C9H16N2O.ClH/c12-9(11-8-1-2-8)5-7-3-4-10-6-7;/h7-8,10H,1-6H2,(H,11,12);1H. The minimum absolute atomic E-state index is 0. The Morgan fingerprint density at radius 2 is 2.15 bits per heavy atom. The van der Waals surface area contributed by atoms with Crippen LogP contribution >= 0.6 is 12.4 Å². The number of nitrogens with one attached hydrogen (secondary N) is 2. The molecule has 1 amide bonds. The van der Waals surface area contributed by atoms with Crippen molar-refractivity contribution in [2.75, 3.05) is 13.1 Å². The maximum atomic E-state index is 11.3. The molecule has 76 valence electrons. The average molecular weight is 205 g/mol. The zero-order valence-electron chi connectivity index (χ0n) is 7.71. The number of amides is 1. The van der Waals surface area contributed by atoms with E-state index in [4.69, 9.17) is 0 Å². The van der Waals surface area contributed by atoms with Crippen molar-refractivity contribution in [2.45, 2.75) is 31.7 Å². The highest BCUT2D eigenvalue weighted by molar-refractivity contribution is 5.85. The number of hydrogen-bond acceptors (Lipinski definition) is 2. The number of hydrogen-bond donors (Lipinski definition) is 2. The predicted octanol–water partition coefficient (Wildman–Crippen LogP) is 0.686. The molecule has 1 atom stereocenters. The normalized spacial score (nSPS) is 26.6. The molecule has 3 nitrogen and oxygen atoms in total. The molecular formula is C9H17ClN2O. The number of carbonyl (C=O) groups excluding carboxylic acids is 1. The Kier molecular flexibility index (Phi) is 4.00. The molecule has 1 heterocycles. The highest BCUT2D eigenvalue weighted by atomic mass is 35.5. The van der Waals surface area contributed by atoms with Crippen molar-refractivity contribution in [1.82, 2.24) is 10.6 Å². The van der Waals surface area contributed by atoms with Crippen LogP contribution < -0.4 is 10.6 Å². The maximum absolute atomic E-state index is 11.3. The van der Waals surface area contributed by atoms with E-state index in [9.17, 15) is 4.79 Å². The van der Waals surface area contributed by atoms with E-state index in [-0.39, 0.29) is 18.3 Å². The van der Waals surface area contributed by atoms with Crippen LogP contribution in [0.3, 0.4) is 0 Å². The molecule has 2 fully saturated rings. The van der Waals surface area contributed by atoms with Gasteiger partial charge in [-0.3, -0.25) is 4.79 Å². The molecule has 0 bridgehead atoms. The zero-order valence-corrected chi connectivity index (χ0v) is 8.53. The first-order chi connectivity index (χ1) is 5.84. The van der Waals surface area contributed by atoms with E-state index in [0.29, 0.717) is 12.0 Å². The summed E-state index contributed by atoms with van der Waals surface area (Å²) in [6.45, 7) is 2.11. The van der Waals surface area contributed by atoms with E-state index in [0.717, 1.165) is 25.9 Å². The SMILES string of the molecule is Cl.O=C(CC1CCNC1)NC1CC1. The molecule has 1 aliphatic heterocycles. The second kappa shape index (κ2) is 4.82. The van der Waals surface area contributed by atoms with E-state index in [2.05, 4.69) is 10.6 Å². The van der Waals surface area contributed by atoms with E-state index in [1.165, 1.54) is 12.8 Å². The molecule has 13 heavy (non-hydrogen) atoms. The summed E-state index contributed by atoms with van der Waals surface area (Å²) in [7, 11) is 0. The molecule has 0 aromatic heterocycles. The third kappa shape index (κ3) is 3.53. The first-order valence-electron chi connectivity index (χ1n) is 4.84. The first kappa shape index (κ1) is 10.8. The fourth-order valence-corrected chi connectivity index (χ4v) is 1.67. The lowest BCUT2D eigenvalue weighted by molar-refractivity contribution is -0.122. The van der Waals surface area contributed by atoms with Crippen molar-refractivity contribution in [3.8, 4) is 0 Å². The van der Waals surface area contributed by atoms with Crippen molar-refractivity contribution in [2.24, 2.45) is 5.92 Å². The van der Waals surface area contributed by atoms with Crippen LogP contribution in [0.4, 0.5) is 0 Å². The van der Waals surface area contributed by atoms with Gasteiger partial charge in [-0.1, -0.05) is 0 Å². The van der Waals surface area contributed by atoms with Gasteiger partial charge in [0.15, 0.2) is 0 Å². The molecule has 0 spiro atoms. The molecule has 1 saturated heterocycles. The van der Waals surface area contributed by atoms with Crippen LogP contribution in [0.5, 0.6) is 0 Å². The van der Waals surface area contributed by atoms with Crippen LogP contribution in [0, 0.1) is 5.92 Å². The van der Waals surface area contributed by atoms with Gasteiger partial charge >= 0.3 is 0 Å². The van der Waals surface area contributed by atoms with Gasteiger partial charge in [-0.2, -0.15) is 0 Å². The monoisotopic (exact) mass is 204 g/mol. The average Bonchev–Trinajstić information content (AvgIpc) is 2.66. The van der Waals surface area contributed by atoms with Crippen LogP contribution in [-0.2, 0) is 4.79 Å². The largest absolute Gasteiger partial charge is 0.353 e. The Morgan fingerprint density at radius 1 is 1.38 bits per heavy atom. The maximum Gasteiger partial charge on any atom is 0.220 e. The fraction of sp³-hybridized carbons (Fsp3) is 0.889. The minimum Gasteiger partial charge on any atom is -0.353 e. The van der Waals surface area contributed by atoms with Crippen molar-refractivity contribution < 1.29 is 4.79 Å². The molecule has 2 rings (SSSR count). The molecule has 2 N–H and O–H groups in total. The molecule has 2 aliphatic rings. The highest BCUT2D eigenvalue weighted by Gasteiger charge is 2.25. The number of carbonyl (C=O) groups is 1. The zero-order chi connectivity index (χ0) is 8.39. The van der Waals surface area contributed by atoms with Gasteiger partial charge in [0.05, 0.1) is 0 Å². The Bertz CT molecular complexity index is 176. The third-order valence-electron chi connectivity index (χ3n) is 2.58. The first-order valence-corrected chi connectivity index (χ1v) is 4.84. The minimum atomic E-state index is 0. The van der Waals surface area contributed by atoms with Gasteiger partial charge in [0.1, 0.15) is 0 Å². The lowest BCUT2D eigenvalue weighted by Crippen LogP contribution is -2.27. The Labute approximate surface area is 85.1 Å². The van der Waals surface area contributed by atoms with Gasteiger partial charge in [0.25, 0.3) is 0 Å². The molecule has 1 aliphatic carbocycles. The Hall–Kier alpha value is -0.280. The Balaban J connectivity index is 0.000000845. The smallest absolute Gasteiger partial charge is 0.220 e. The summed E-state index contributed by atoms with van der Waals surface area (Å²) in [5.74, 6) is 0.843. The van der Waals surface area contributed by atoms with Crippen molar-refractivity contribution >= 4 is 18.3 Å². The summed E-state index contributed by atoms with van der Waals surface area (Å²) >= 11 is 0. The van der Waals surface area contributed by atoms with Crippen LogP contribution in [0.2, 0.25) is 0 Å². The Morgan fingerprint density at radius 3 is 2.69 bits per heavy atom. The van der Waals surface area contributed by atoms with Gasteiger partial charge < -0.3 is 10.6 Å². The highest BCUT2D eigenvalue weighted by Crippen LogP contribution is 2.19. The summed E-state index contributed by atoms with van der Waals surface area (Å²) in [5, 5.41) is 6.28. The van der Waals surface area contributed by atoms with Crippen molar-refractivity contribution in [3.63, 3.8) is 0 Å². The second-order valence-corrected chi connectivity index (χ2v) is 3.90. The number of halogens is 1. The van der Waals surface area contributed by atoms with Gasteiger partial charge in [0.2, 0.25) is 5.91 Å². The van der Waals surface area contributed by atoms with Crippen LogP contribution in [0.15, 0.2) is 0 Å². The van der Waals surface area contributed by atoms with Crippen LogP contribution in [0.1, 0.15) is 25.7 Å². The third-order valence-corrected chi connectivity index (χ3v) is 2.58. The fourth-order valence-electron chi connectivity index (χ4n) is 1.67. The van der Waals surface area contributed by atoms with E-state index >= 15 is 0 Å². The van der Waals surface area contributed by atoms with E-state index < -0.39 is 0 Å². The van der Waals surface area contributed by atoms with Gasteiger partial charge in [-0.05, 0) is 38.3 Å². The van der Waals surface area contributed by atoms with E-state index in [1.807, 2.05) is 0 Å². The quantitative estimate of drug-likeness (QED) is 0.710. The van der Waals surface area contributed by atoms with Crippen molar-refractivity contribution in [1.29, 1.82) is 0 Å². The van der Waals surface area contributed by atoms with Gasteiger partial charge in [-0.25, -0.2) is 0 Å². The van der Waals surface area contributed by atoms with Crippen LogP contribution in [-0.4, -0.2) is 25.0 Å². The second-order valence-electron chi connectivity index (χ2n) is 3.90. The van der Waals surface area contributed by atoms with E-state index in [1.54, 1.807) is 0 Å². The summed E-state index contributed by atoms with van der Waals surface area (Å²) in [4.78, 5) is 11.3. The molecule has 1 unspecified atom stereocenters. The summed E-state index contributed by atoms with van der Waals surface area (Å²) in [6, 6.07) is 0.520. The lowest BCUT2D eigenvalue weighted by Gasteiger charge is -2.07. The van der Waals surface area contributed by atoms with Gasteiger partial charge in [-0.15, -0.1) is 12.4 Å². The lowest BCUT2D eigenvalue weighted by atomic mass is 10.0. The van der Waals surface area contributed by atoms with Gasteiger partial charge in [0, 0.05) is 12.5 Å². The molecule has 1 saturated carbocycles. The molecular weight excluding hydrogens is 188 g/mol. The topological polar surface area (TPSA) is 41.1 Å². The molecule has 0 radical (unpaired) electrons. The predicted molar refractivity (Wildman–Crippen MR) is 54.0 cm³/mol. The number of rotatable bonds is 3. The summed E-state index contributed by atoms with van der Waals surface area (Å²) in [6.07, 6.45) is 4.27. The summed E-state index contributed by atoms with van der Waals surface area (Å²) < 4.78 is 0. The summed E-state index contributed by atoms with van der Waals surface area (Å²) in [5.41, 5.74) is 0.